The van der Waals surface area contributed by atoms with Gasteiger partial charge >= 0.3 is 0 Å². The predicted molar refractivity (Wildman–Crippen MR) is 87.9 cm³/mol. The van der Waals surface area contributed by atoms with E-state index < -0.39 is 0 Å². The van der Waals surface area contributed by atoms with E-state index >= 15 is 0 Å². The Kier molecular flexibility index (Phi) is 4.35. The van der Waals surface area contributed by atoms with E-state index in [1.165, 1.54) is 12.1 Å². The average Bonchev–Trinajstić information content (AvgIpc) is 3.05. The van der Waals surface area contributed by atoms with Crippen LogP contribution in [0.1, 0.15) is 12.1 Å². The van der Waals surface area contributed by atoms with Crippen molar-refractivity contribution in [3.05, 3.63) is 42.0 Å². The van der Waals surface area contributed by atoms with Crippen LogP contribution in [0.15, 0.2) is 34.9 Å². The molecule has 1 aromatic heterocycles. The summed E-state index contributed by atoms with van der Waals surface area (Å²) in [6, 6.07) is 6.62. The molecule has 3 heterocycles. The SMILES string of the molecule is CN1CC[C@H]2OCCN(Cc3coc(-c4ccc(F)cc4)n3)[C@@H]2C1. The van der Waals surface area contributed by atoms with E-state index in [9.17, 15) is 4.39 Å². The zero-order valence-corrected chi connectivity index (χ0v) is 13.8. The Labute approximate surface area is 141 Å². The number of likely N-dealkylation sites (tertiary alicyclic amines) is 1. The minimum atomic E-state index is -0.258. The van der Waals surface area contributed by atoms with Crippen molar-refractivity contribution >= 4 is 0 Å². The van der Waals surface area contributed by atoms with E-state index in [4.69, 9.17) is 9.15 Å². The van der Waals surface area contributed by atoms with Crippen LogP contribution in [-0.2, 0) is 11.3 Å². The number of oxazole rings is 1. The minimum absolute atomic E-state index is 0.258. The van der Waals surface area contributed by atoms with Crippen LogP contribution in [0, 0.1) is 5.82 Å². The molecule has 0 saturated carbocycles. The van der Waals surface area contributed by atoms with Gasteiger partial charge in [0.25, 0.3) is 0 Å². The Morgan fingerprint density at radius 3 is 2.92 bits per heavy atom. The Bertz CT molecular complexity index is 688. The molecule has 1 aromatic carbocycles. The number of nitrogens with zero attached hydrogens (tertiary/aromatic N) is 3. The topological polar surface area (TPSA) is 41.7 Å². The highest BCUT2D eigenvalue weighted by Crippen LogP contribution is 2.25. The van der Waals surface area contributed by atoms with Crippen LogP contribution < -0.4 is 0 Å². The van der Waals surface area contributed by atoms with Gasteiger partial charge in [-0.2, -0.15) is 0 Å². The third-order valence-electron chi connectivity index (χ3n) is 4.91. The molecule has 0 amide bonds. The van der Waals surface area contributed by atoms with E-state index in [-0.39, 0.29) is 5.82 Å². The number of halogens is 1. The van der Waals surface area contributed by atoms with Crippen LogP contribution in [0.2, 0.25) is 0 Å². The first-order chi connectivity index (χ1) is 11.7. The van der Waals surface area contributed by atoms with Crippen LogP contribution in [0.5, 0.6) is 0 Å². The van der Waals surface area contributed by atoms with Gasteiger partial charge in [-0.25, -0.2) is 9.37 Å². The first kappa shape index (κ1) is 15.7. The standard InChI is InChI=1S/C18H22FN3O2/c1-21-7-6-17-16(11-21)22(8-9-23-17)10-15-12-24-18(20-15)13-2-4-14(19)5-3-13/h2-5,12,16-17H,6-11H2,1H3/t16-,17-/m1/s1. The molecule has 0 bridgehead atoms. The summed E-state index contributed by atoms with van der Waals surface area (Å²) in [6.07, 6.45) is 3.10. The molecule has 5 nitrogen and oxygen atoms in total. The van der Waals surface area contributed by atoms with Crippen molar-refractivity contribution in [3.8, 4) is 11.5 Å². The highest BCUT2D eigenvalue weighted by Gasteiger charge is 2.36. The summed E-state index contributed by atoms with van der Waals surface area (Å²) in [4.78, 5) is 9.37. The average molecular weight is 331 g/mol. The van der Waals surface area contributed by atoms with E-state index in [2.05, 4.69) is 21.8 Å². The van der Waals surface area contributed by atoms with Crippen molar-refractivity contribution < 1.29 is 13.5 Å². The number of hydrogen-bond acceptors (Lipinski definition) is 5. The number of benzene rings is 1. The van der Waals surface area contributed by atoms with Crippen molar-refractivity contribution in [2.45, 2.75) is 25.1 Å². The molecule has 0 N–H and O–H groups in total. The van der Waals surface area contributed by atoms with Crippen LogP contribution in [0.25, 0.3) is 11.5 Å². The van der Waals surface area contributed by atoms with Crippen molar-refractivity contribution in [1.29, 1.82) is 0 Å². The third-order valence-corrected chi connectivity index (χ3v) is 4.91. The van der Waals surface area contributed by atoms with Crippen LogP contribution in [-0.4, -0.2) is 60.2 Å². The third kappa shape index (κ3) is 3.22. The lowest BCUT2D eigenvalue weighted by atomic mass is 9.99. The van der Waals surface area contributed by atoms with Gasteiger partial charge in [-0.1, -0.05) is 0 Å². The summed E-state index contributed by atoms with van der Waals surface area (Å²) in [5, 5.41) is 0. The maximum absolute atomic E-state index is 13.0. The molecular formula is C18H22FN3O2. The number of fused-ring (bicyclic) bond motifs is 1. The van der Waals surface area contributed by atoms with Gasteiger partial charge in [0.1, 0.15) is 12.1 Å². The molecule has 128 valence electrons. The van der Waals surface area contributed by atoms with Crippen LogP contribution in [0.3, 0.4) is 0 Å². The molecule has 2 atom stereocenters. The fourth-order valence-electron chi connectivity index (χ4n) is 3.61. The number of rotatable bonds is 3. The van der Waals surface area contributed by atoms with Gasteiger partial charge < -0.3 is 14.1 Å². The molecule has 2 aliphatic heterocycles. The number of piperidine rings is 1. The fourth-order valence-corrected chi connectivity index (χ4v) is 3.61. The van der Waals surface area contributed by atoms with Gasteiger partial charge in [0, 0.05) is 37.8 Å². The number of morpholine rings is 1. The van der Waals surface area contributed by atoms with E-state index in [0.717, 1.165) is 50.5 Å². The second kappa shape index (κ2) is 6.63. The molecule has 2 aliphatic rings. The quantitative estimate of drug-likeness (QED) is 0.864. The monoisotopic (exact) mass is 331 g/mol. The first-order valence-corrected chi connectivity index (χ1v) is 8.43. The maximum atomic E-state index is 13.0. The van der Waals surface area contributed by atoms with Gasteiger partial charge in [0.2, 0.25) is 5.89 Å². The van der Waals surface area contributed by atoms with Crippen molar-refractivity contribution in [1.82, 2.24) is 14.8 Å². The Hall–Kier alpha value is -1.76. The fraction of sp³-hybridized carbons (Fsp3) is 0.500. The van der Waals surface area contributed by atoms with Crippen molar-refractivity contribution in [2.75, 3.05) is 33.3 Å². The molecule has 0 unspecified atom stereocenters. The minimum Gasteiger partial charge on any atom is -0.444 e. The molecule has 0 radical (unpaired) electrons. The van der Waals surface area contributed by atoms with E-state index in [0.29, 0.717) is 18.0 Å². The lowest BCUT2D eigenvalue weighted by Crippen LogP contribution is -2.58. The summed E-state index contributed by atoms with van der Waals surface area (Å²) >= 11 is 0. The first-order valence-electron chi connectivity index (χ1n) is 8.43. The highest BCUT2D eigenvalue weighted by molar-refractivity contribution is 5.52. The molecular weight excluding hydrogens is 309 g/mol. The second-order valence-electron chi connectivity index (χ2n) is 6.65. The molecule has 6 heteroatoms. The lowest BCUT2D eigenvalue weighted by molar-refractivity contribution is -0.103. The Morgan fingerprint density at radius 2 is 2.08 bits per heavy atom. The second-order valence-corrected chi connectivity index (χ2v) is 6.65. The molecule has 2 saturated heterocycles. The van der Waals surface area contributed by atoms with Gasteiger partial charge in [0.05, 0.1) is 18.4 Å². The molecule has 0 spiro atoms. The predicted octanol–water partition coefficient (Wildman–Crippen LogP) is 2.39. The highest BCUT2D eigenvalue weighted by atomic mass is 19.1. The molecule has 0 aliphatic carbocycles. The summed E-state index contributed by atoms with van der Waals surface area (Å²) in [5.41, 5.74) is 1.70. The number of ether oxygens (including phenoxy) is 1. The normalized spacial score (nSPS) is 25.6. The number of likely N-dealkylation sites (N-methyl/N-ethyl adjacent to an activating group) is 1. The lowest BCUT2D eigenvalue weighted by Gasteiger charge is -2.46. The summed E-state index contributed by atoms with van der Waals surface area (Å²) < 4.78 is 24.6. The Morgan fingerprint density at radius 1 is 1.25 bits per heavy atom. The van der Waals surface area contributed by atoms with E-state index in [1.54, 1.807) is 18.4 Å². The zero-order valence-electron chi connectivity index (χ0n) is 13.8. The van der Waals surface area contributed by atoms with Crippen molar-refractivity contribution in [3.63, 3.8) is 0 Å². The maximum Gasteiger partial charge on any atom is 0.226 e. The molecule has 24 heavy (non-hydrogen) atoms. The largest absolute Gasteiger partial charge is 0.444 e. The zero-order chi connectivity index (χ0) is 16.5. The molecule has 4 rings (SSSR count). The summed E-state index contributed by atoms with van der Waals surface area (Å²) in [6.45, 7) is 4.55. The van der Waals surface area contributed by atoms with Crippen molar-refractivity contribution in [2.24, 2.45) is 0 Å². The summed E-state index contributed by atoms with van der Waals surface area (Å²) in [7, 11) is 2.16. The van der Waals surface area contributed by atoms with E-state index in [1.807, 2.05) is 0 Å². The van der Waals surface area contributed by atoms with Gasteiger partial charge in [-0.15, -0.1) is 0 Å². The van der Waals surface area contributed by atoms with Crippen LogP contribution in [0.4, 0.5) is 4.39 Å². The molecule has 2 fully saturated rings. The Balaban J connectivity index is 1.48. The van der Waals surface area contributed by atoms with Crippen LogP contribution >= 0.6 is 0 Å². The van der Waals surface area contributed by atoms with Gasteiger partial charge in [-0.05, 0) is 37.7 Å². The van der Waals surface area contributed by atoms with Gasteiger partial charge in [-0.3, -0.25) is 4.90 Å². The molecule has 2 aromatic rings. The summed E-state index contributed by atoms with van der Waals surface area (Å²) in [5.74, 6) is 0.280. The number of aromatic nitrogens is 1. The number of hydrogen-bond donors (Lipinski definition) is 0. The smallest absolute Gasteiger partial charge is 0.226 e. The van der Waals surface area contributed by atoms with Gasteiger partial charge in [0.15, 0.2) is 0 Å².